The van der Waals surface area contributed by atoms with Crippen molar-refractivity contribution in [2.24, 2.45) is 0 Å². The first-order chi connectivity index (χ1) is 14.2. The van der Waals surface area contributed by atoms with Crippen molar-refractivity contribution < 1.29 is 14.6 Å². The molecule has 4 aromatic rings. The molecule has 0 saturated carbocycles. The van der Waals surface area contributed by atoms with Crippen LogP contribution in [0.3, 0.4) is 0 Å². The van der Waals surface area contributed by atoms with E-state index < -0.39 is 6.10 Å². The lowest BCUT2D eigenvalue weighted by atomic mass is 10.3. The molecule has 1 aromatic heterocycles. The third-order valence-corrected chi connectivity index (χ3v) is 5.16. The number of aliphatic hydroxyl groups is 1. The Kier molecular flexibility index (Phi) is 7.74. The highest BCUT2D eigenvalue weighted by atomic mass is 79.9. The zero-order chi connectivity index (χ0) is 20.1. The van der Waals surface area contributed by atoms with Crippen LogP contribution in [0, 0.1) is 0 Å². The first-order valence-electron chi connectivity index (χ1n) is 9.38. The molecule has 0 aliphatic rings. The summed E-state index contributed by atoms with van der Waals surface area (Å²) in [6.07, 6.45) is -0.699. The number of nitrogens with zero attached hydrogens (tertiary/aromatic N) is 2. The van der Waals surface area contributed by atoms with Crippen molar-refractivity contribution in [3.05, 3.63) is 89.2 Å². The molecule has 7 heteroatoms. The number of imidazole rings is 1. The van der Waals surface area contributed by atoms with Crippen LogP contribution >= 0.6 is 28.3 Å². The van der Waals surface area contributed by atoms with Crippen molar-refractivity contribution in [1.29, 1.82) is 0 Å². The summed E-state index contributed by atoms with van der Waals surface area (Å²) in [5.41, 5.74) is 1.83. The molecule has 3 aromatic carbocycles. The fourth-order valence-electron chi connectivity index (χ4n) is 3.12. The quantitative estimate of drug-likeness (QED) is 0.368. The predicted molar refractivity (Wildman–Crippen MR) is 123 cm³/mol. The first kappa shape index (κ1) is 22.2. The number of halogens is 2. The molecule has 5 nitrogen and oxygen atoms in total. The lowest BCUT2D eigenvalue weighted by molar-refractivity contribution is 0.0914. The van der Waals surface area contributed by atoms with E-state index in [1.54, 1.807) is 0 Å². The Bertz CT molecular complexity index is 1090. The van der Waals surface area contributed by atoms with Gasteiger partial charge in [0.05, 0.1) is 22.1 Å². The van der Waals surface area contributed by atoms with Crippen molar-refractivity contribution >= 4 is 39.4 Å². The van der Waals surface area contributed by atoms with Crippen molar-refractivity contribution in [1.82, 2.24) is 9.55 Å². The molecule has 1 N–H and O–H groups in total. The fraction of sp³-hybridized carbons (Fsp3) is 0.174. The van der Waals surface area contributed by atoms with Gasteiger partial charge >= 0.3 is 0 Å². The fourth-order valence-corrected chi connectivity index (χ4v) is 3.51. The molecule has 4 rings (SSSR count). The zero-order valence-electron chi connectivity index (χ0n) is 16.1. The summed E-state index contributed by atoms with van der Waals surface area (Å²) in [5.74, 6) is 2.24. The summed E-state index contributed by atoms with van der Waals surface area (Å²) < 4.78 is 14.5. The second kappa shape index (κ2) is 10.5. The minimum absolute atomic E-state index is 0. The Labute approximate surface area is 189 Å². The Hall–Kier alpha value is -2.54. The summed E-state index contributed by atoms with van der Waals surface area (Å²) in [7, 11) is 0. The lowest BCUT2D eigenvalue weighted by Crippen LogP contribution is -2.25. The summed E-state index contributed by atoms with van der Waals surface area (Å²) in [6, 6.07) is 25.1. The van der Waals surface area contributed by atoms with Gasteiger partial charge < -0.3 is 19.1 Å². The Balaban J connectivity index is 0.00000256. The molecule has 0 amide bonds. The average Bonchev–Trinajstić information content (AvgIpc) is 3.10. The van der Waals surface area contributed by atoms with Gasteiger partial charge in [-0.15, -0.1) is 12.4 Å². The second-order valence-corrected chi connectivity index (χ2v) is 7.48. The zero-order valence-corrected chi connectivity index (χ0v) is 18.6. The van der Waals surface area contributed by atoms with Crippen LogP contribution in [0.1, 0.15) is 5.82 Å². The Morgan fingerprint density at radius 3 is 2.40 bits per heavy atom. The minimum Gasteiger partial charge on any atom is -0.490 e. The van der Waals surface area contributed by atoms with E-state index in [4.69, 9.17) is 14.5 Å². The van der Waals surface area contributed by atoms with Crippen molar-refractivity contribution in [2.75, 3.05) is 6.61 Å². The number of hydrogen-bond donors (Lipinski definition) is 1. The van der Waals surface area contributed by atoms with E-state index in [1.165, 1.54) is 0 Å². The van der Waals surface area contributed by atoms with Gasteiger partial charge in [0.2, 0.25) is 0 Å². The average molecular weight is 490 g/mol. The van der Waals surface area contributed by atoms with Crippen LogP contribution in [-0.2, 0) is 13.2 Å². The molecular weight excluding hydrogens is 468 g/mol. The molecule has 1 unspecified atom stereocenters. The van der Waals surface area contributed by atoms with Gasteiger partial charge in [0.25, 0.3) is 0 Å². The third kappa shape index (κ3) is 5.33. The molecule has 0 spiro atoms. The van der Waals surface area contributed by atoms with Gasteiger partial charge in [0.1, 0.15) is 36.6 Å². The number of aliphatic hydroxyl groups excluding tert-OH is 1. The van der Waals surface area contributed by atoms with Crippen LogP contribution in [0.4, 0.5) is 0 Å². The number of hydrogen-bond acceptors (Lipinski definition) is 4. The SMILES string of the molecule is Cl.OC(COc1ccccc1Br)Cn1c(COc2ccccc2)nc2ccccc21. The molecule has 1 atom stereocenters. The van der Waals surface area contributed by atoms with Gasteiger partial charge in [0, 0.05) is 0 Å². The lowest BCUT2D eigenvalue weighted by Gasteiger charge is -2.16. The standard InChI is InChI=1S/C23H21BrN2O3.ClH/c24-19-10-4-7-13-22(19)29-15-17(27)14-26-21-12-6-5-11-20(21)25-23(26)16-28-18-8-2-1-3-9-18;/h1-13,17,27H,14-16H2;1H. The molecule has 30 heavy (non-hydrogen) atoms. The maximum atomic E-state index is 10.6. The second-order valence-electron chi connectivity index (χ2n) is 6.62. The van der Waals surface area contributed by atoms with Gasteiger partial charge in [-0.25, -0.2) is 4.98 Å². The molecule has 0 saturated heterocycles. The van der Waals surface area contributed by atoms with Crippen LogP contribution in [0.15, 0.2) is 83.3 Å². The predicted octanol–water partition coefficient (Wildman–Crippen LogP) is 5.24. The van der Waals surface area contributed by atoms with Gasteiger partial charge in [0.15, 0.2) is 0 Å². The smallest absolute Gasteiger partial charge is 0.148 e. The molecule has 0 aliphatic carbocycles. The normalized spacial score (nSPS) is 11.7. The number of rotatable bonds is 8. The maximum absolute atomic E-state index is 10.6. The number of para-hydroxylation sites is 4. The minimum atomic E-state index is -0.699. The van der Waals surface area contributed by atoms with Gasteiger partial charge in [-0.1, -0.05) is 42.5 Å². The highest BCUT2D eigenvalue weighted by molar-refractivity contribution is 9.10. The first-order valence-corrected chi connectivity index (χ1v) is 10.2. The van der Waals surface area contributed by atoms with Gasteiger partial charge in [-0.2, -0.15) is 0 Å². The molecule has 0 aliphatic heterocycles. The number of aromatic nitrogens is 2. The molecule has 1 heterocycles. The van der Waals surface area contributed by atoms with E-state index in [1.807, 2.05) is 83.4 Å². The number of benzene rings is 3. The van der Waals surface area contributed by atoms with Crippen LogP contribution < -0.4 is 9.47 Å². The highest BCUT2D eigenvalue weighted by Gasteiger charge is 2.15. The van der Waals surface area contributed by atoms with Crippen LogP contribution in [0.25, 0.3) is 11.0 Å². The Morgan fingerprint density at radius 1 is 0.900 bits per heavy atom. The summed E-state index contributed by atoms with van der Waals surface area (Å²) >= 11 is 3.46. The Morgan fingerprint density at radius 2 is 1.60 bits per heavy atom. The highest BCUT2D eigenvalue weighted by Crippen LogP contribution is 2.24. The summed E-state index contributed by atoms with van der Waals surface area (Å²) in [6.45, 7) is 0.850. The van der Waals surface area contributed by atoms with E-state index in [2.05, 4.69) is 15.9 Å². The monoisotopic (exact) mass is 488 g/mol. The van der Waals surface area contributed by atoms with E-state index in [0.717, 1.165) is 27.1 Å². The third-order valence-electron chi connectivity index (χ3n) is 4.51. The number of ether oxygens (including phenoxy) is 2. The van der Waals surface area contributed by atoms with E-state index in [9.17, 15) is 5.11 Å². The van der Waals surface area contributed by atoms with Crippen molar-refractivity contribution in [3.63, 3.8) is 0 Å². The largest absolute Gasteiger partial charge is 0.490 e. The van der Waals surface area contributed by atoms with Crippen LogP contribution in [0.2, 0.25) is 0 Å². The molecule has 0 radical (unpaired) electrons. The summed E-state index contributed by atoms with van der Waals surface area (Å²) in [4.78, 5) is 4.69. The molecule has 0 fully saturated rings. The van der Waals surface area contributed by atoms with E-state index >= 15 is 0 Å². The maximum Gasteiger partial charge on any atom is 0.148 e. The van der Waals surface area contributed by atoms with Crippen LogP contribution in [0.5, 0.6) is 11.5 Å². The van der Waals surface area contributed by atoms with Crippen molar-refractivity contribution in [3.8, 4) is 11.5 Å². The molecule has 0 bridgehead atoms. The molecular formula is C23H22BrClN2O3. The number of fused-ring (bicyclic) bond motifs is 1. The molecule has 156 valence electrons. The topological polar surface area (TPSA) is 56.5 Å². The van der Waals surface area contributed by atoms with Crippen molar-refractivity contribution in [2.45, 2.75) is 19.3 Å². The van der Waals surface area contributed by atoms with Gasteiger partial charge in [-0.3, -0.25) is 0 Å². The summed E-state index contributed by atoms with van der Waals surface area (Å²) in [5, 5.41) is 10.6. The van der Waals surface area contributed by atoms with Crippen LogP contribution in [-0.4, -0.2) is 27.4 Å². The van der Waals surface area contributed by atoms with Gasteiger partial charge in [-0.05, 0) is 52.3 Å². The van der Waals surface area contributed by atoms with E-state index in [-0.39, 0.29) is 19.0 Å². The van der Waals surface area contributed by atoms with E-state index in [0.29, 0.717) is 18.9 Å².